The minimum absolute atomic E-state index is 0.0582. The lowest BCUT2D eigenvalue weighted by Crippen LogP contribution is -2.42. The maximum atomic E-state index is 12.7. The highest BCUT2D eigenvalue weighted by molar-refractivity contribution is 9.10. The second kappa shape index (κ2) is 6.36. The smallest absolute Gasteiger partial charge is 0.256 e. The average molecular weight is 380 g/mol. The summed E-state index contributed by atoms with van der Waals surface area (Å²) in [5.74, 6) is 0.117. The van der Waals surface area contributed by atoms with Crippen molar-refractivity contribution in [1.82, 2.24) is 0 Å². The van der Waals surface area contributed by atoms with Gasteiger partial charge < -0.3 is 9.64 Å². The first-order valence-corrected chi connectivity index (χ1v) is 8.97. The highest BCUT2D eigenvalue weighted by Crippen LogP contribution is 2.32. The molecule has 1 atom stereocenters. The van der Waals surface area contributed by atoms with Crippen LogP contribution in [0.1, 0.15) is 49.0 Å². The van der Waals surface area contributed by atoms with E-state index in [2.05, 4.69) is 15.9 Å². The Morgan fingerprint density at radius 1 is 1.30 bits per heavy atom. The molecule has 0 aliphatic carbocycles. The lowest BCUT2D eigenvalue weighted by atomic mass is 9.94. The van der Waals surface area contributed by atoms with E-state index in [9.17, 15) is 9.59 Å². The minimum Gasteiger partial charge on any atom is -0.368 e. The molecule has 1 amide bonds. The fourth-order valence-electron chi connectivity index (χ4n) is 3.26. The van der Waals surface area contributed by atoms with E-state index in [1.54, 1.807) is 0 Å². The maximum absolute atomic E-state index is 12.7. The number of ether oxygens (including phenoxy) is 1. The molecular weight excluding hydrogens is 358 g/mol. The quantitative estimate of drug-likeness (QED) is 0.596. The third-order valence-electron chi connectivity index (χ3n) is 4.47. The standard InChI is InChI=1S/C18H22BrNO3/c1-18(2,19)16(21)13-7-8-14-12(11-13)5-3-9-20(14)17(22)15-6-4-10-23-15/h7-8,11,15H,3-6,9-10H2,1-2H3. The molecule has 124 valence electrons. The summed E-state index contributed by atoms with van der Waals surface area (Å²) in [5.41, 5.74) is 2.70. The summed E-state index contributed by atoms with van der Waals surface area (Å²) in [6, 6.07) is 5.67. The first kappa shape index (κ1) is 16.7. The SMILES string of the molecule is CC(C)(Br)C(=O)c1ccc2c(c1)CCCN2C(=O)C1CCCO1. The number of Topliss-reactive ketones (excluding diaryl/α,β-unsaturated/α-hetero) is 1. The molecular formula is C18H22BrNO3. The van der Waals surface area contributed by atoms with Gasteiger partial charge in [0.1, 0.15) is 6.10 Å². The summed E-state index contributed by atoms with van der Waals surface area (Å²) in [5, 5.41) is 0. The predicted molar refractivity (Wildman–Crippen MR) is 93.4 cm³/mol. The van der Waals surface area contributed by atoms with Crippen LogP contribution in [0.4, 0.5) is 5.69 Å². The Morgan fingerprint density at radius 3 is 2.74 bits per heavy atom. The first-order valence-electron chi connectivity index (χ1n) is 8.17. The Hall–Kier alpha value is -1.20. The summed E-state index contributed by atoms with van der Waals surface area (Å²) in [6.07, 6.45) is 3.27. The zero-order chi connectivity index (χ0) is 16.6. The number of nitrogens with zero attached hydrogens (tertiary/aromatic N) is 1. The van der Waals surface area contributed by atoms with E-state index >= 15 is 0 Å². The fraction of sp³-hybridized carbons (Fsp3) is 0.556. The van der Waals surface area contributed by atoms with Crippen LogP contribution in [-0.2, 0) is 16.0 Å². The van der Waals surface area contributed by atoms with Gasteiger partial charge in [-0.1, -0.05) is 15.9 Å². The number of amides is 1. The molecule has 2 heterocycles. The highest BCUT2D eigenvalue weighted by Gasteiger charge is 2.32. The zero-order valence-corrected chi connectivity index (χ0v) is 15.2. The monoisotopic (exact) mass is 379 g/mol. The number of hydrogen-bond donors (Lipinski definition) is 0. The van der Waals surface area contributed by atoms with Crippen molar-refractivity contribution >= 4 is 33.3 Å². The minimum atomic E-state index is -0.580. The van der Waals surface area contributed by atoms with E-state index < -0.39 is 4.32 Å². The second-order valence-corrected chi connectivity index (χ2v) is 8.72. The van der Waals surface area contributed by atoms with Gasteiger partial charge in [0.15, 0.2) is 5.78 Å². The number of aryl methyl sites for hydroxylation is 1. The van der Waals surface area contributed by atoms with Crippen LogP contribution in [0.5, 0.6) is 0 Å². The van der Waals surface area contributed by atoms with Crippen molar-refractivity contribution in [1.29, 1.82) is 0 Å². The number of carbonyl (C=O) groups is 2. The van der Waals surface area contributed by atoms with Gasteiger partial charge in [0.05, 0.1) is 4.32 Å². The van der Waals surface area contributed by atoms with Gasteiger partial charge in [-0.2, -0.15) is 0 Å². The topological polar surface area (TPSA) is 46.6 Å². The molecule has 1 aromatic carbocycles. The summed E-state index contributed by atoms with van der Waals surface area (Å²) >= 11 is 3.43. The van der Waals surface area contributed by atoms with E-state index in [1.165, 1.54) is 0 Å². The number of rotatable bonds is 3. The number of halogens is 1. The lowest BCUT2D eigenvalue weighted by Gasteiger charge is -2.31. The predicted octanol–water partition coefficient (Wildman–Crippen LogP) is 3.50. The largest absolute Gasteiger partial charge is 0.368 e. The number of carbonyl (C=O) groups excluding carboxylic acids is 2. The Kier molecular flexibility index (Phi) is 4.61. The molecule has 2 aliphatic rings. The Morgan fingerprint density at radius 2 is 2.09 bits per heavy atom. The van der Waals surface area contributed by atoms with Gasteiger partial charge in [0.25, 0.3) is 5.91 Å². The molecule has 2 aliphatic heterocycles. The average Bonchev–Trinajstić information content (AvgIpc) is 3.06. The van der Waals surface area contributed by atoms with E-state index in [0.29, 0.717) is 12.2 Å². The summed E-state index contributed by atoms with van der Waals surface area (Å²) in [6.45, 7) is 5.10. The number of anilines is 1. The van der Waals surface area contributed by atoms with Crippen LogP contribution >= 0.6 is 15.9 Å². The van der Waals surface area contributed by atoms with Gasteiger partial charge in [0.2, 0.25) is 0 Å². The zero-order valence-electron chi connectivity index (χ0n) is 13.6. The normalized spacial score (nSPS) is 21.2. The van der Waals surface area contributed by atoms with Gasteiger partial charge in [-0.3, -0.25) is 9.59 Å². The van der Waals surface area contributed by atoms with Gasteiger partial charge in [-0.05, 0) is 63.3 Å². The second-order valence-electron chi connectivity index (χ2n) is 6.74. The summed E-state index contributed by atoms with van der Waals surface area (Å²) in [7, 11) is 0. The van der Waals surface area contributed by atoms with E-state index in [1.807, 2.05) is 36.9 Å². The Labute approximate surface area is 145 Å². The van der Waals surface area contributed by atoms with Crippen LogP contribution in [0.3, 0.4) is 0 Å². The first-order chi connectivity index (χ1) is 10.9. The maximum Gasteiger partial charge on any atom is 0.256 e. The molecule has 23 heavy (non-hydrogen) atoms. The number of ketones is 1. The Balaban J connectivity index is 1.88. The van der Waals surface area contributed by atoms with Crippen LogP contribution in [0.2, 0.25) is 0 Å². The van der Waals surface area contributed by atoms with Crippen LogP contribution in [0.25, 0.3) is 0 Å². The summed E-state index contributed by atoms with van der Waals surface area (Å²) < 4.78 is 4.96. The van der Waals surface area contributed by atoms with Crippen LogP contribution in [0.15, 0.2) is 18.2 Å². The van der Waals surface area contributed by atoms with Crippen molar-refractivity contribution in [2.24, 2.45) is 0 Å². The lowest BCUT2D eigenvalue weighted by molar-refractivity contribution is -0.127. The molecule has 1 saturated heterocycles. The van der Waals surface area contributed by atoms with E-state index in [0.717, 1.165) is 43.5 Å². The van der Waals surface area contributed by atoms with Crippen molar-refractivity contribution in [2.75, 3.05) is 18.1 Å². The third-order valence-corrected chi connectivity index (χ3v) is 4.83. The van der Waals surface area contributed by atoms with Gasteiger partial charge in [-0.25, -0.2) is 0 Å². The van der Waals surface area contributed by atoms with Gasteiger partial charge in [-0.15, -0.1) is 0 Å². The third kappa shape index (κ3) is 3.36. The molecule has 1 fully saturated rings. The van der Waals surface area contributed by atoms with Crippen molar-refractivity contribution in [3.05, 3.63) is 29.3 Å². The van der Waals surface area contributed by atoms with Gasteiger partial charge >= 0.3 is 0 Å². The molecule has 0 aromatic heterocycles. The molecule has 4 nitrogen and oxygen atoms in total. The number of fused-ring (bicyclic) bond motifs is 1. The summed E-state index contributed by atoms with van der Waals surface area (Å²) in [4.78, 5) is 26.9. The molecule has 0 radical (unpaired) electrons. The van der Waals surface area contributed by atoms with Crippen molar-refractivity contribution in [2.45, 2.75) is 50.0 Å². The molecule has 1 aromatic rings. The number of hydrogen-bond acceptors (Lipinski definition) is 3. The number of alkyl halides is 1. The molecule has 1 unspecified atom stereocenters. The van der Waals surface area contributed by atoms with Crippen molar-refractivity contribution < 1.29 is 14.3 Å². The van der Waals surface area contributed by atoms with Crippen LogP contribution in [-0.4, -0.2) is 35.3 Å². The highest BCUT2D eigenvalue weighted by atomic mass is 79.9. The van der Waals surface area contributed by atoms with Crippen LogP contribution < -0.4 is 4.90 Å². The Bertz CT molecular complexity index is 630. The molecule has 3 rings (SSSR count). The van der Waals surface area contributed by atoms with Gasteiger partial charge in [0, 0.05) is 24.4 Å². The van der Waals surface area contributed by atoms with Crippen molar-refractivity contribution in [3.63, 3.8) is 0 Å². The molecule has 0 saturated carbocycles. The molecule has 0 bridgehead atoms. The number of benzene rings is 1. The molecule has 0 N–H and O–H groups in total. The van der Waals surface area contributed by atoms with E-state index in [-0.39, 0.29) is 17.8 Å². The molecule has 0 spiro atoms. The molecule has 5 heteroatoms. The van der Waals surface area contributed by atoms with Crippen molar-refractivity contribution in [3.8, 4) is 0 Å². The van der Waals surface area contributed by atoms with Crippen LogP contribution in [0, 0.1) is 0 Å². The fourth-order valence-corrected chi connectivity index (χ4v) is 3.49. The van der Waals surface area contributed by atoms with E-state index in [4.69, 9.17) is 4.74 Å².